The minimum Gasteiger partial charge on any atom is -0.550 e. The van der Waals surface area contributed by atoms with Gasteiger partial charge in [0, 0.05) is 23.7 Å². The molecule has 0 aliphatic rings. The van der Waals surface area contributed by atoms with Crippen LogP contribution in [0.4, 0.5) is 0 Å². The summed E-state index contributed by atoms with van der Waals surface area (Å²) < 4.78 is 6.93. The van der Waals surface area contributed by atoms with Crippen molar-refractivity contribution in [3.63, 3.8) is 0 Å². The molecule has 0 bridgehead atoms. The van der Waals surface area contributed by atoms with Gasteiger partial charge in [-0.1, -0.05) is 120 Å². The van der Waals surface area contributed by atoms with E-state index < -0.39 is 5.97 Å². The predicted molar refractivity (Wildman–Crippen MR) is 158 cm³/mol. The van der Waals surface area contributed by atoms with Crippen molar-refractivity contribution in [1.29, 1.82) is 0 Å². The summed E-state index contributed by atoms with van der Waals surface area (Å²) in [5.41, 5.74) is 1.66. The number of carbonyl (C=O) groups excluding carboxylic acids is 2. The van der Waals surface area contributed by atoms with Crippen LogP contribution in [0.3, 0.4) is 0 Å². The molecule has 0 aliphatic heterocycles. The first-order valence-corrected chi connectivity index (χ1v) is 13.5. The number of esters is 1. The Morgan fingerprint density at radius 3 is 1.63 bits per heavy atom. The second kappa shape index (κ2) is 28.1. The molecule has 0 fully saturated rings. The van der Waals surface area contributed by atoms with Crippen molar-refractivity contribution in [2.45, 2.75) is 85.0 Å². The fourth-order valence-corrected chi connectivity index (χ4v) is 3.00. The minimum atomic E-state index is -1.08. The van der Waals surface area contributed by atoms with E-state index in [2.05, 4.69) is 26.7 Å². The summed E-state index contributed by atoms with van der Waals surface area (Å²) in [7, 11) is 0. The Morgan fingerprint density at radius 2 is 1.26 bits per heavy atom. The first-order chi connectivity index (χ1) is 18.3. The highest BCUT2D eigenvalue weighted by Crippen LogP contribution is 2.10. The number of carboxylic acids is 1. The molecule has 210 valence electrons. The van der Waals surface area contributed by atoms with Gasteiger partial charge in [-0.3, -0.25) is 0 Å². The maximum atomic E-state index is 11.1. The molecular weight excluding hydrogens is 474 g/mol. The van der Waals surface area contributed by atoms with Crippen LogP contribution in [0, 0.1) is 0 Å². The van der Waals surface area contributed by atoms with Crippen molar-refractivity contribution in [2.75, 3.05) is 6.61 Å². The Balaban J connectivity index is 0. The summed E-state index contributed by atoms with van der Waals surface area (Å²) in [5.74, 6) is -1.34. The summed E-state index contributed by atoms with van der Waals surface area (Å²) >= 11 is 0. The van der Waals surface area contributed by atoms with Gasteiger partial charge in [0.2, 0.25) is 0 Å². The van der Waals surface area contributed by atoms with Gasteiger partial charge in [0.05, 0.1) is 6.61 Å². The van der Waals surface area contributed by atoms with Crippen LogP contribution in [-0.2, 0) is 14.3 Å². The number of benzene rings is 1. The highest BCUT2D eigenvalue weighted by molar-refractivity contribution is 5.86. The van der Waals surface area contributed by atoms with E-state index in [-0.39, 0.29) is 5.97 Å². The van der Waals surface area contributed by atoms with Gasteiger partial charge in [-0.25, -0.2) is 4.79 Å². The van der Waals surface area contributed by atoms with E-state index in [1.165, 1.54) is 63.4 Å². The molecule has 0 saturated heterocycles. The lowest BCUT2D eigenvalue weighted by Crippen LogP contribution is -2.22. The van der Waals surface area contributed by atoms with Gasteiger partial charge >= 0.3 is 5.97 Å². The van der Waals surface area contributed by atoms with E-state index in [0.717, 1.165) is 13.3 Å². The van der Waals surface area contributed by atoms with Crippen LogP contribution in [0.25, 0.3) is 12.3 Å². The van der Waals surface area contributed by atoms with E-state index in [0.29, 0.717) is 12.2 Å². The molecule has 0 aliphatic carbocycles. The number of aliphatic carboxylic acids is 1. The smallest absolute Gasteiger partial charge is 0.333 e. The zero-order chi connectivity index (χ0) is 28.9. The number of nitrogens with zero attached hydrogens (tertiary/aromatic N) is 1. The summed E-state index contributed by atoms with van der Waals surface area (Å²) in [5, 5.41) is 8.89. The lowest BCUT2D eigenvalue weighted by atomic mass is 10.1. The van der Waals surface area contributed by atoms with Crippen LogP contribution in [0.5, 0.6) is 0 Å². The van der Waals surface area contributed by atoms with E-state index in [4.69, 9.17) is 14.6 Å². The van der Waals surface area contributed by atoms with Gasteiger partial charge in [-0.2, -0.15) is 4.57 Å². The molecular formula is C33H49NO4. The molecule has 0 N–H and O–H groups in total. The fourth-order valence-electron chi connectivity index (χ4n) is 3.00. The molecule has 1 aromatic carbocycles. The molecule has 0 radical (unpaired) electrons. The Labute approximate surface area is 231 Å². The quantitative estimate of drug-likeness (QED) is 0.114. The first-order valence-electron chi connectivity index (χ1n) is 13.5. The standard InChI is InChI=1S/C16H30O2.C8H8.C7H8N.C2H4O2/c1-4-5-6-7-8-9-10-11-12-13-14-18-16(17)15(2)3;2*1-2-8-6-4-3-5-7-8;1-2(3)4/h2,4-14H2,1,3H3;2*2-7H,1H2;1H3,(H,3,4)/q;;+1;/p-1. The number of ether oxygens (including phenoxy) is 1. The maximum Gasteiger partial charge on any atom is 0.333 e. The third kappa shape index (κ3) is 28.8. The summed E-state index contributed by atoms with van der Waals surface area (Å²) in [6, 6.07) is 15.9. The summed E-state index contributed by atoms with van der Waals surface area (Å²) in [6.07, 6.45) is 20.4. The highest BCUT2D eigenvalue weighted by atomic mass is 16.5. The molecule has 5 nitrogen and oxygen atoms in total. The zero-order valence-electron chi connectivity index (χ0n) is 23.9. The summed E-state index contributed by atoms with van der Waals surface area (Å²) in [6.45, 7) is 16.2. The number of carboxylic acid groups (broad SMARTS) is 1. The van der Waals surface area contributed by atoms with Crippen molar-refractivity contribution in [3.8, 4) is 0 Å². The van der Waals surface area contributed by atoms with Crippen molar-refractivity contribution >= 4 is 24.2 Å². The van der Waals surface area contributed by atoms with Crippen LogP contribution in [-0.4, -0.2) is 18.5 Å². The zero-order valence-corrected chi connectivity index (χ0v) is 23.9. The topological polar surface area (TPSA) is 70.3 Å². The monoisotopic (exact) mass is 523 g/mol. The highest BCUT2D eigenvalue weighted by Gasteiger charge is 2.01. The molecule has 38 heavy (non-hydrogen) atoms. The Kier molecular flexibility index (Phi) is 27.1. The van der Waals surface area contributed by atoms with E-state index in [1.807, 2.05) is 71.6 Å². The van der Waals surface area contributed by atoms with Crippen molar-refractivity contribution in [2.24, 2.45) is 0 Å². The van der Waals surface area contributed by atoms with Gasteiger partial charge in [-0.05, 0) is 32.4 Å². The lowest BCUT2D eigenvalue weighted by Gasteiger charge is -2.04. The van der Waals surface area contributed by atoms with Crippen LogP contribution in [0.15, 0.2) is 86.2 Å². The number of hydrogen-bond donors (Lipinski definition) is 0. The number of rotatable bonds is 14. The molecule has 2 rings (SSSR count). The van der Waals surface area contributed by atoms with Crippen molar-refractivity contribution < 1.29 is 24.0 Å². The van der Waals surface area contributed by atoms with Crippen molar-refractivity contribution in [3.05, 3.63) is 91.8 Å². The van der Waals surface area contributed by atoms with Gasteiger partial charge < -0.3 is 14.6 Å². The molecule has 0 atom stereocenters. The van der Waals surface area contributed by atoms with Gasteiger partial charge in [0.1, 0.15) is 0 Å². The third-order valence-electron chi connectivity index (χ3n) is 5.06. The number of hydrogen-bond acceptors (Lipinski definition) is 4. The largest absolute Gasteiger partial charge is 0.550 e. The first kappa shape index (κ1) is 36.7. The average molecular weight is 524 g/mol. The molecule has 2 aromatic rings. The SMILES string of the molecule is C=C(C)C(=O)OCCCCCCCCCCCC.C=C[n+]1ccccc1.C=Cc1ccccc1.CC(=O)[O-]. The second-order valence-corrected chi connectivity index (χ2v) is 8.71. The molecule has 1 heterocycles. The van der Waals surface area contributed by atoms with E-state index >= 15 is 0 Å². The Hall–Kier alpha value is -3.47. The molecule has 0 spiro atoms. The van der Waals surface area contributed by atoms with Crippen LogP contribution in [0.1, 0.15) is 90.5 Å². The van der Waals surface area contributed by atoms with Gasteiger partial charge in [0.15, 0.2) is 18.6 Å². The van der Waals surface area contributed by atoms with Gasteiger partial charge in [0.25, 0.3) is 0 Å². The minimum absolute atomic E-state index is 0.258. The molecule has 5 heteroatoms. The van der Waals surface area contributed by atoms with Crippen LogP contribution >= 0.6 is 0 Å². The van der Waals surface area contributed by atoms with Crippen LogP contribution in [0.2, 0.25) is 0 Å². The number of unbranched alkanes of at least 4 members (excludes halogenated alkanes) is 9. The van der Waals surface area contributed by atoms with Crippen molar-refractivity contribution in [1.82, 2.24) is 0 Å². The van der Waals surface area contributed by atoms with Crippen LogP contribution < -0.4 is 9.67 Å². The average Bonchev–Trinajstić information content (AvgIpc) is 2.93. The summed E-state index contributed by atoms with van der Waals surface area (Å²) in [4.78, 5) is 20.0. The molecule has 0 saturated carbocycles. The lowest BCUT2D eigenvalue weighted by molar-refractivity contribution is -0.567. The normalized spacial score (nSPS) is 9.13. The number of aromatic nitrogens is 1. The number of pyridine rings is 1. The molecule has 1 aromatic heterocycles. The fraction of sp³-hybridized carbons (Fsp3) is 0.424. The maximum absolute atomic E-state index is 11.1. The van der Waals surface area contributed by atoms with E-state index in [1.54, 1.807) is 13.1 Å². The molecule has 0 unspecified atom stereocenters. The Morgan fingerprint density at radius 1 is 0.816 bits per heavy atom. The van der Waals surface area contributed by atoms with Gasteiger partial charge in [-0.15, -0.1) is 0 Å². The molecule has 0 amide bonds. The second-order valence-electron chi connectivity index (χ2n) is 8.71. The Bertz CT molecular complexity index is 816. The predicted octanol–water partition coefficient (Wildman–Crippen LogP) is 7.19. The van der Waals surface area contributed by atoms with E-state index in [9.17, 15) is 4.79 Å². The third-order valence-corrected chi connectivity index (χ3v) is 5.06. The number of carbonyl (C=O) groups is 2.